The first-order chi connectivity index (χ1) is 13.4. The van der Waals surface area contributed by atoms with Gasteiger partial charge in [0.25, 0.3) is 5.91 Å². The summed E-state index contributed by atoms with van der Waals surface area (Å²) in [5.41, 5.74) is 2.53. The molecule has 28 heavy (non-hydrogen) atoms. The number of rotatable bonds is 3. The number of nitrogens with one attached hydrogen (secondary N) is 1. The maximum Gasteiger partial charge on any atom is 0.263 e. The lowest BCUT2D eigenvalue weighted by atomic mass is 10.1. The average Bonchev–Trinajstić information content (AvgIpc) is 2.97. The predicted octanol–water partition coefficient (Wildman–Crippen LogP) is 5.12. The molecular formula is C19H12Cl2N2O2S3. The van der Waals surface area contributed by atoms with E-state index < -0.39 is 0 Å². The lowest BCUT2D eigenvalue weighted by molar-refractivity contribution is -0.116. The monoisotopic (exact) mass is 466 g/mol. The second kappa shape index (κ2) is 8.08. The molecule has 2 aromatic rings. The third kappa shape index (κ3) is 4.09. The van der Waals surface area contributed by atoms with Crippen LogP contribution in [-0.4, -0.2) is 21.9 Å². The van der Waals surface area contributed by atoms with Crippen molar-refractivity contribution in [3.63, 3.8) is 0 Å². The van der Waals surface area contributed by atoms with E-state index in [0.29, 0.717) is 31.6 Å². The molecule has 0 aliphatic carbocycles. The Hall–Kier alpha value is -1.51. The lowest BCUT2D eigenvalue weighted by Gasteiger charge is -2.29. The molecule has 0 atom stereocenters. The molecule has 2 aliphatic rings. The van der Waals surface area contributed by atoms with E-state index in [9.17, 15) is 9.59 Å². The van der Waals surface area contributed by atoms with Gasteiger partial charge in [-0.2, -0.15) is 0 Å². The first-order valence-corrected chi connectivity index (χ1v) is 11.1. The number of thiocarbonyl (C=S) groups is 1. The van der Waals surface area contributed by atoms with E-state index in [2.05, 4.69) is 5.32 Å². The maximum absolute atomic E-state index is 12.6. The summed E-state index contributed by atoms with van der Waals surface area (Å²) in [7, 11) is 0. The highest BCUT2D eigenvalue weighted by molar-refractivity contribution is 8.26. The van der Waals surface area contributed by atoms with Gasteiger partial charge in [0.1, 0.15) is 4.32 Å². The third-order valence-electron chi connectivity index (χ3n) is 4.19. The van der Waals surface area contributed by atoms with Crippen LogP contribution in [0.5, 0.6) is 0 Å². The molecule has 4 nitrogen and oxygen atoms in total. The molecule has 1 fully saturated rings. The van der Waals surface area contributed by atoms with Crippen molar-refractivity contribution in [3.05, 3.63) is 62.5 Å². The largest absolute Gasteiger partial charge is 0.307 e. The number of amides is 2. The molecule has 2 amide bonds. The molecule has 0 bridgehead atoms. The van der Waals surface area contributed by atoms with E-state index in [1.807, 2.05) is 24.3 Å². The average molecular weight is 467 g/mol. The first kappa shape index (κ1) is 19.8. The molecule has 1 saturated heterocycles. The Kier molecular flexibility index (Phi) is 5.71. The highest BCUT2D eigenvalue weighted by Crippen LogP contribution is 2.38. The van der Waals surface area contributed by atoms with Crippen LogP contribution in [0.3, 0.4) is 0 Å². The molecule has 2 aliphatic heterocycles. The molecule has 4 rings (SSSR count). The molecule has 0 radical (unpaired) electrons. The van der Waals surface area contributed by atoms with Gasteiger partial charge in [0.15, 0.2) is 0 Å². The molecule has 2 heterocycles. The Morgan fingerprint density at radius 3 is 2.68 bits per heavy atom. The summed E-state index contributed by atoms with van der Waals surface area (Å²) in [6, 6.07) is 11.2. The van der Waals surface area contributed by atoms with Crippen LogP contribution in [0.15, 0.2) is 46.2 Å². The van der Waals surface area contributed by atoms with Gasteiger partial charge < -0.3 is 10.2 Å². The normalized spacial score (nSPS) is 17.9. The van der Waals surface area contributed by atoms with Crippen molar-refractivity contribution >= 4 is 86.8 Å². The van der Waals surface area contributed by atoms with Gasteiger partial charge in [-0.25, -0.2) is 0 Å². The summed E-state index contributed by atoms with van der Waals surface area (Å²) in [6.45, 7) is 0.391. The van der Waals surface area contributed by atoms with Crippen LogP contribution in [0.2, 0.25) is 10.0 Å². The Labute approximate surface area is 185 Å². The summed E-state index contributed by atoms with van der Waals surface area (Å²) in [5.74, 6) is 0.190. The summed E-state index contributed by atoms with van der Waals surface area (Å²) < 4.78 is 0.446. The van der Waals surface area contributed by atoms with Crippen molar-refractivity contribution in [1.82, 2.24) is 5.32 Å². The number of thioether (sulfide) groups is 2. The van der Waals surface area contributed by atoms with Gasteiger partial charge in [-0.1, -0.05) is 59.3 Å². The topological polar surface area (TPSA) is 49.4 Å². The van der Waals surface area contributed by atoms with E-state index in [1.165, 1.54) is 23.5 Å². The van der Waals surface area contributed by atoms with E-state index in [4.69, 9.17) is 35.4 Å². The van der Waals surface area contributed by atoms with Crippen LogP contribution in [0, 0.1) is 0 Å². The van der Waals surface area contributed by atoms with Crippen molar-refractivity contribution < 1.29 is 9.59 Å². The zero-order valence-electron chi connectivity index (χ0n) is 14.2. The molecule has 0 aromatic heterocycles. The van der Waals surface area contributed by atoms with E-state index in [-0.39, 0.29) is 11.8 Å². The van der Waals surface area contributed by atoms with Crippen LogP contribution < -0.4 is 10.2 Å². The zero-order valence-corrected chi connectivity index (χ0v) is 18.2. The number of halogens is 2. The fraction of sp³-hybridized carbons (Fsp3) is 0.105. The second-order valence-corrected chi connectivity index (χ2v) is 9.65. The highest BCUT2D eigenvalue weighted by Gasteiger charge is 2.26. The fourth-order valence-corrected chi connectivity index (χ4v) is 5.16. The fourth-order valence-electron chi connectivity index (χ4n) is 2.88. The number of fused-ring (bicyclic) bond motifs is 1. The minimum absolute atomic E-state index is 0.0162. The van der Waals surface area contributed by atoms with Gasteiger partial charge in [0.05, 0.1) is 32.9 Å². The maximum atomic E-state index is 12.6. The number of benzene rings is 2. The minimum Gasteiger partial charge on any atom is -0.307 e. The van der Waals surface area contributed by atoms with Crippen molar-refractivity contribution in [2.24, 2.45) is 0 Å². The van der Waals surface area contributed by atoms with Crippen LogP contribution in [0.4, 0.5) is 5.69 Å². The number of carbonyl (C=O) groups is 2. The van der Waals surface area contributed by atoms with Gasteiger partial charge >= 0.3 is 0 Å². The summed E-state index contributed by atoms with van der Waals surface area (Å²) in [4.78, 5) is 27.8. The van der Waals surface area contributed by atoms with Gasteiger partial charge in [0.2, 0.25) is 5.91 Å². The Balaban J connectivity index is 1.68. The van der Waals surface area contributed by atoms with Crippen molar-refractivity contribution in [2.45, 2.75) is 11.4 Å². The predicted molar refractivity (Wildman–Crippen MR) is 121 cm³/mol. The van der Waals surface area contributed by atoms with Gasteiger partial charge in [-0.3, -0.25) is 9.59 Å². The van der Waals surface area contributed by atoms with Crippen molar-refractivity contribution in [1.29, 1.82) is 0 Å². The minimum atomic E-state index is -0.203. The number of nitrogens with zero attached hydrogens (tertiary/aromatic N) is 1. The molecule has 1 N–H and O–H groups in total. The molecule has 0 spiro atoms. The van der Waals surface area contributed by atoms with Crippen molar-refractivity contribution in [3.8, 4) is 0 Å². The second-order valence-electron chi connectivity index (χ2n) is 6.10. The molecule has 0 unspecified atom stereocenters. The summed E-state index contributed by atoms with van der Waals surface area (Å²) >= 11 is 19.9. The summed E-state index contributed by atoms with van der Waals surface area (Å²) in [6.07, 6.45) is 1.78. The standard InChI is InChI=1S/C19H12Cl2N2O2S3/c20-12-3-1-11(5-13(12)21)8-23-14-6-10(2-4-15(14)27-9-17(23)24)7-16-18(25)22-19(26)28-16/h1-7H,8-9H2,(H,22,25,26)/b16-7+. The Morgan fingerprint density at radius 2 is 1.96 bits per heavy atom. The van der Waals surface area contributed by atoms with Crippen molar-refractivity contribution in [2.75, 3.05) is 10.7 Å². The molecule has 9 heteroatoms. The first-order valence-electron chi connectivity index (χ1n) is 8.17. The number of hydrogen-bond acceptors (Lipinski definition) is 5. The number of carbonyl (C=O) groups excluding carboxylic acids is 2. The van der Waals surface area contributed by atoms with Crippen LogP contribution >= 0.6 is 58.9 Å². The van der Waals surface area contributed by atoms with Gasteiger partial charge in [-0.15, -0.1) is 11.8 Å². The van der Waals surface area contributed by atoms with Crippen LogP contribution in [0.1, 0.15) is 11.1 Å². The summed E-state index contributed by atoms with van der Waals surface area (Å²) in [5, 5.41) is 3.54. The Morgan fingerprint density at radius 1 is 1.14 bits per heavy atom. The Bertz CT molecular complexity index is 1060. The lowest BCUT2D eigenvalue weighted by Crippen LogP contribution is -2.34. The van der Waals surface area contributed by atoms with E-state index >= 15 is 0 Å². The molecular weight excluding hydrogens is 455 g/mol. The van der Waals surface area contributed by atoms with E-state index in [1.54, 1.807) is 23.1 Å². The highest BCUT2D eigenvalue weighted by atomic mass is 35.5. The third-order valence-corrected chi connectivity index (χ3v) is 7.14. The smallest absolute Gasteiger partial charge is 0.263 e. The van der Waals surface area contributed by atoms with Crippen LogP contribution in [0.25, 0.3) is 6.08 Å². The molecule has 0 saturated carbocycles. The zero-order chi connectivity index (χ0) is 19.8. The van der Waals surface area contributed by atoms with Gasteiger partial charge in [-0.05, 0) is 41.5 Å². The molecule has 2 aromatic carbocycles. The number of hydrogen-bond donors (Lipinski definition) is 1. The number of anilines is 1. The quantitative estimate of drug-likeness (QED) is 0.502. The van der Waals surface area contributed by atoms with Gasteiger partial charge in [0, 0.05) is 4.90 Å². The van der Waals surface area contributed by atoms with E-state index in [0.717, 1.165) is 21.7 Å². The van der Waals surface area contributed by atoms with Crippen LogP contribution in [-0.2, 0) is 16.1 Å². The SMILES string of the molecule is O=C1NC(=S)S/C1=C/c1ccc2c(c1)N(Cc1ccc(Cl)c(Cl)c1)C(=O)CS2. The molecule has 142 valence electrons.